The molecule has 0 fully saturated rings. The molecule has 3 N–H and O–H groups in total. The minimum atomic E-state index is -0.421. The van der Waals surface area contributed by atoms with Crippen molar-refractivity contribution in [2.45, 2.75) is 26.4 Å². The Balaban J connectivity index is 2.88. The van der Waals surface area contributed by atoms with E-state index in [1.54, 1.807) is 0 Å². The molecule has 0 aliphatic carbocycles. The van der Waals surface area contributed by atoms with Gasteiger partial charge < -0.3 is 11.1 Å². The monoisotopic (exact) mass is 139 g/mol. The minimum Gasteiger partial charge on any atom is -0.353 e. The Labute approximate surface area is 61.0 Å². The van der Waals surface area contributed by atoms with E-state index >= 15 is 0 Å². The van der Waals surface area contributed by atoms with Crippen LogP contribution in [-0.2, 0) is 0 Å². The van der Waals surface area contributed by atoms with Crippen LogP contribution in [0.3, 0.4) is 0 Å². The quantitative estimate of drug-likeness (QED) is 0.516. The van der Waals surface area contributed by atoms with Crippen molar-refractivity contribution in [3.63, 3.8) is 0 Å². The van der Waals surface area contributed by atoms with Crippen molar-refractivity contribution in [2.75, 3.05) is 0 Å². The summed E-state index contributed by atoms with van der Waals surface area (Å²) >= 11 is 0. The van der Waals surface area contributed by atoms with Crippen molar-refractivity contribution in [1.29, 1.82) is 0 Å². The zero-order valence-electron chi connectivity index (χ0n) is 6.60. The fourth-order valence-corrected chi connectivity index (χ4v) is 1.18. The lowest BCUT2D eigenvalue weighted by molar-refractivity contribution is 0.531. The van der Waals surface area contributed by atoms with Crippen LogP contribution >= 0.6 is 0 Å². The maximum atomic E-state index is 5.79. The summed E-state index contributed by atoms with van der Waals surface area (Å²) in [5.41, 5.74) is 6.34. The van der Waals surface area contributed by atoms with E-state index in [4.69, 9.17) is 5.73 Å². The zero-order chi connectivity index (χ0) is 7.78. The molecule has 1 aliphatic rings. The minimum absolute atomic E-state index is 0.421. The number of hydrogen-bond donors (Lipinski definition) is 2. The van der Waals surface area contributed by atoms with Crippen molar-refractivity contribution in [3.05, 3.63) is 11.8 Å². The summed E-state index contributed by atoms with van der Waals surface area (Å²) in [4.78, 5) is 4.16. The Morgan fingerprint density at radius 2 is 2.20 bits per heavy atom. The van der Waals surface area contributed by atoms with Gasteiger partial charge in [0.1, 0.15) is 11.5 Å². The molecule has 0 saturated heterocycles. The van der Waals surface area contributed by atoms with Gasteiger partial charge in [-0.25, -0.2) is 4.99 Å². The van der Waals surface area contributed by atoms with Crippen LogP contribution in [-0.4, -0.2) is 11.5 Å². The second-order valence-electron chi connectivity index (χ2n) is 2.89. The molecule has 1 atom stereocenters. The second kappa shape index (κ2) is 2.09. The fourth-order valence-electron chi connectivity index (χ4n) is 1.18. The molecule has 56 valence electrons. The molecule has 0 radical (unpaired) electrons. The largest absolute Gasteiger partial charge is 0.353 e. The summed E-state index contributed by atoms with van der Waals surface area (Å²) in [6.07, 6.45) is 1.90. The second-order valence-corrected chi connectivity index (χ2v) is 2.89. The molecule has 1 heterocycles. The van der Waals surface area contributed by atoms with Gasteiger partial charge in [-0.05, 0) is 26.8 Å². The molecule has 1 unspecified atom stereocenters. The molecule has 0 aromatic carbocycles. The van der Waals surface area contributed by atoms with Crippen LogP contribution in [0.4, 0.5) is 0 Å². The maximum Gasteiger partial charge on any atom is 0.105 e. The Morgan fingerprint density at radius 3 is 2.60 bits per heavy atom. The summed E-state index contributed by atoms with van der Waals surface area (Å²) < 4.78 is 0. The van der Waals surface area contributed by atoms with Crippen LogP contribution in [0.1, 0.15) is 20.8 Å². The van der Waals surface area contributed by atoms with E-state index in [0.717, 1.165) is 11.5 Å². The van der Waals surface area contributed by atoms with Crippen LogP contribution in [0.15, 0.2) is 16.8 Å². The predicted molar refractivity (Wildman–Crippen MR) is 42.6 cm³/mol. The lowest BCUT2D eigenvalue weighted by Gasteiger charge is -2.27. The fraction of sp³-hybridized carbons (Fsp3) is 0.571. The molecule has 0 bridgehead atoms. The van der Waals surface area contributed by atoms with Crippen molar-refractivity contribution in [3.8, 4) is 0 Å². The van der Waals surface area contributed by atoms with Crippen LogP contribution in [0.5, 0.6) is 0 Å². The summed E-state index contributed by atoms with van der Waals surface area (Å²) in [7, 11) is 0. The first kappa shape index (κ1) is 7.28. The van der Waals surface area contributed by atoms with E-state index in [2.05, 4.69) is 10.3 Å². The van der Waals surface area contributed by atoms with Gasteiger partial charge in [0, 0.05) is 5.70 Å². The molecule has 1 rings (SSSR count). The Hall–Kier alpha value is -0.830. The third kappa shape index (κ3) is 1.57. The molecular formula is C7H13N3. The summed E-state index contributed by atoms with van der Waals surface area (Å²) in [5, 5.41) is 3.04. The predicted octanol–water partition coefficient (Wildman–Crippen LogP) is 0.587. The first-order valence-electron chi connectivity index (χ1n) is 3.31. The highest BCUT2D eigenvalue weighted by atomic mass is 15.2. The SMILES string of the molecule is CC1=CC(C)(N)NC(C)=N1. The summed E-state index contributed by atoms with van der Waals surface area (Å²) in [5.74, 6) is 0.880. The number of rotatable bonds is 0. The van der Waals surface area contributed by atoms with E-state index in [1.165, 1.54) is 0 Å². The molecule has 0 amide bonds. The third-order valence-corrected chi connectivity index (χ3v) is 1.30. The molecule has 1 aliphatic heterocycles. The highest BCUT2D eigenvalue weighted by Gasteiger charge is 2.18. The lowest BCUT2D eigenvalue weighted by atomic mass is 10.1. The number of nitrogens with one attached hydrogen (secondary N) is 1. The maximum absolute atomic E-state index is 5.79. The van der Waals surface area contributed by atoms with Gasteiger partial charge >= 0.3 is 0 Å². The molecule has 3 heteroatoms. The molecule has 0 saturated carbocycles. The Kier molecular flexibility index (Phi) is 1.52. The van der Waals surface area contributed by atoms with E-state index in [0.29, 0.717) is 0 Å². The zero-order valence-corrected chi connectivity index (χ0v) is 6.60. The van der Waals surface area contributed by atoms with Gasteiger partial charge in [0.2, 0.25) is 0 Å². The van der Waals surface area contributed by atoms with Crippen molar-refractivity contribution in [2.24, 2.45) is 10.7 Å². The third-order valence-electron chi connectivity index (χ3n) is 1.30. The highest BCUT2D eigenvalue weighted by Crippen LogP contribution is 2.08. The van der Waals surface area contributed by atoms with Gasteiger partial charge in [-0.2, -0.15) is 0 Å². The lowest BCUT2D eigenvalue weighted by Crippen LogP contribution is -2.52. The number of allylic oxidation sites excluding steroid dienone is 1. The standard InChI is InChI=1S/C7H13N3/c1-5-4-7(3,8)10-6(2)9-5/h4H,8H2,1-3H3,(H,9,10). The van der Waals surface area contributed by atoms with Crippen LogP contribution in [0, 0.1) is 0 Å². The highest BCUT2D eigenvalue weighted by molar-refractivity contribution is 5.82. The molecule has 0 spiro atoms. The number of nitrogens with zero attached hydrogens (tertiary/aromatic N) is 1. The van der Waals surface area contributed by atoms with Gasteiger partial charge in [0.05, 0.1) is 0 Å². The van der Waals surface area contributed by atoms with Crippen LogP contribution < -0.4 is 11.1 Å². The Morgan fingerprint density at radius 1 is 1.60 bits per heavy atom. The van der Waals surface area contributed by atoms with Gasteiger partial charge in [0.15, 0.2) is 0 Å². The van der Waals surface area contributed by atoms with Gasteiger partial charge in [0.25, 0.3) is 0 Å². The number of nitrogens with two attached hydrogens (primary N) is 1. The molecule has 0 aromatic rings. The number of hydrogen-bond acceptors (Lipinski definition) is 3. The summed E-state index contributed by atoms with van der Waals surface area (Å²) in [6.45, 7) is 5.76. The van der Waals surface area contributed by atoms with Gasteiger partial charge in [-0.15, -0.1) is 0 Å². The molecular weight excluding hydrogens is 126 g/mol. The van der Waals surface area contributed by atoms with Crippen LogP contribution in [0.25, 0.3) is 0 Å². The van der Waals surface area contributed by atoms with Crippen LogP contribution in [0.2, 0.25) is 0 Å². The number of amidine groups is 1. The van der Waals surface area contributed by atoms with E-state index < -0.39 is 5.66 Å². The average molecular weight is 139 g/mol. The molecule has 10 heavy (non-hydrogen) atoms. The van der Waals surface area contributed by atoms with E-state index in [9.17, 15) is 0 Å². The van der Waals surface area contributed by atoms with E-state index in [1.807, 2.05) is 26.8 Å². The molecule has 0 aromatic heterocycles. The van der Waals surface area contributed by atoms with Gasteiger partial charge in [-0.3, -0.25) is 0 Å². The molecule has 3 nitrogen and oxygen atoms in total. The van der Waals surface area contributed by atoms with Crippen molar-refractivity contribution >= 4 is 5.84 Å². The number of aliphatic imine (C=N–C) groups is 1. The van der Waals surface area contributed by atoms with Crippen molar-refractivity contribution in [1.82, 2.24) is 5.32 Å². The van der Waals surface area contributed by atoms with Gasteiger partial charge in [-0.1, -0.05) is 0 Å². The first-order valence-corrected chi connectivity index (χ1v) is 3.31. The van der Waals surface area contributed by atoms with E-state index in [-0.39, 0.29) is 0 Å². The smallest absolute Gasteiger partial charge is 0.105 e. The normalized spacial score (nSPS) is 32.4. The topological polar surface area (TPSA) is 50.4 Å². The summed E-state index contributed by atoms with van der Waals surface area (Å²) in [6, 6.07) is 0. The first-order chi connectivity index (χ1) is 4.49. The Bertz CT molecular complexity index is 201. The average Bonchev–Trinajstić information content (AvgIpc) is 1.54. The van der Waals surface area contributed by atoms with Crippen molar-refractivity contribution < 1.29 is 0 Å².